The highest BCUT2D eigenvalue weighted by Gasteiger charge is 2.25. The van der Waals surface area contributed by atoms with Crippen LogP contribution in [0.2, 0.25) is 0 Å². The number of rotatable bonds is 2. The Bertz CT molecular complexity index is 970. The molecule has 0 fully saturated rings. The van der Waals surface area contributed by atoms with Gasteiger partial charge in [0.2, 0.25) is 0 Å². The molecule has 0 saturated carbocycles. The number of aliphatic imine (C=N–C) groups is 1. The number of aromatic nitrogens is 1. The molecule has 1 aliphatic heterocycles. The second-order valence-corrected chi connectivity index (χ2v) is 13.6. The summed E-state index contributed by atoms with van der Waals surface area (Å²) in [6.45, 7) is 0. The van der Waals surface area contributed by atoms with Crippen LogP contribution in [0.15, 0.2) is 62.8 Å². The number of thiazole rings is 1. The Morgan fingerprint density at radius 1 is 0.955 bits per heavy atom. The minimum Gasteiger partial charge on any atom is -0.232 e. The number of benzene rings is 2. The molecule has 0 unspecified atom stereocenters. The molecule has 22 heavy (non-hydrogen) atoms. The van der Waals surface area contributed by atoms with Gasteiger partial charge in [-0.05, 0) is 75.4 Å². The van der Waals surface area contributed by atoms with Gasteiger partial charge in [0.1, 0.15) is 0 Å². The van der Waals surface area contributed by atoms with E-state index in [1.54, 1.807) is 32.9 Å². The Labute approximate surface area is 149 Å². The van der Waals surface area contributed by atoms with Gasteiger partial charge >= 0.3 is 0 Å². The third kappa shape index (κ3) is 2.61. The molecular formula is C14H8N2S6. The van der Waals surface area contributed by atoms with Gasteiger partial charge in [-0.1, -0.05) is 24.3 Å². The van der Waals surface area contributed by atoms with E-state index in [1.807, 2.05) is 42.5 Å². The minimum absolute atomic E-state index is 0.864. The standard InChI is InChI=1S/C14H8N2S6/c17-22(18)12-8-4-2-6-10(12)16-14(22)21-20-13-15-9-5-1-3-7-11(9)19-13/h1-8H. The van der Waals surface area contributed by atoms with Gasteiger partial charge in [-0.3, -0.25) is 0 Å². The zero-order valence-corrected chi connectivity index (χ0v) is 15.9. The van der Waals surface area contributed by atoms with E-state index < -0.39 is 7.15 Å². The van der Waals surface area contributed by atoms with Crippen LogP contribution < -0.4 is 0 Å². The van der Waals surface area contributed by atoms with Crippen molar-refractivity contribution in [3.8, 4) is 0 Å². The fourth-order valence-corrected chi connectivity index (χ4v) is 10.2. The minimum atomic E-state index is -1.81. The first-order chi connectivity index (χ1) is 10.6. The van der Waals surface area contributed by atoms with E-state index in [0.717, 1.165) is 24.8 Å². The number of hydrogen-bond acceptors (Lipinski definition) is 7. The van der Waals surface area contributed by atoms with Gasteiger partial charge in [0.15, 0.2) is 8.72 Å². The molecule has 0 amide bonds. The Morgan fingerprint density at radius 3 is 2.55 bits per heavy atom. The molecule has 1 aromatic heterocycles. The predicted molar refractivity (Wildman–Crippen MR) is 107 cm³/mol. The average Bonchev–Trinajstić information content (AvgIpc) is 3.04. The summed E-state index contributed by atoms with van der Waals surface area (Å²) in [5, 5.41) is 0. The van der Waals surface area contributed by atoms with Gasteiger partial charge in [0.25, 0.3) is 0 Å². The summed E-state index contributed by atoms with van der Waals surface area (Å²) in [7, 11) is 1.35. The molecule has 4 rings (SSSR count). The van der Waals surface area contributed by atoms with Crippen molar-refractivity contribution in [2.24, 2.45) is 4.99 Å². The largest absolute Gasteiger partial charge is 0.232 e. The summed E-state index contributed by atoms with van der Waals surface area (Å²) in [5.41, 5.74) is 1.96. The number of hydrogen-bond donors (Lipinski definition) is 0. The number of para-hydroxylation sites is 2. The van der Waals surface area contributed by atoms with Crippen LogP contribution in [0, 0.1) is 0 Å². The molecule has 110 valence electrons. The summed E-state index contributed by atoms with van der Waals surface area (Å²) >= 11 is 13.0. The van der Waals surface area contributed by atoms with E-state index in [9.17, 15) is 0 Å². The molecule has 1 aliphatic rings. The van der Waals surface area contributed by atoms with Gasteiger partial charge in [0, 0.05) is 4.90 Å². The van der Waals surface area contributed by atoms with E-state index in [-0.39, 0.29) is 0 Å². The van der Waals surface area contributed by atoms with Crippen LogP contribution in [0.5, 0.6) is 0 Å². The first-order valence-electron chi connectivity index (χ1n) is 6.27. The highest BCUT2D eigenvalue weighted by Crippen LogP contribution is 2.44. The predicted octanol–water partition coefficient (Wildman–Crippen LogP) is 5.17. The van der Waals surface area contributed by atoms with E-state index in [2.05, 4.69) is 16.0 Å². The molecule has 3 aromatic rings. The maximum Gasteiger partial charge on any atom is 0.162 e. The van der Waals surface area contributed by atoms with Crippen LogP contribution in [0.3, 0.4) is 0 Å². The molecular weight excluding hydrogens is 389 g/mol. The van der Waals surface area contributed by atoms with Crippen molar-refractivity contribution in [2.45, 2.75) is 9.24 Å². The Hall–Kier alpha value is -0.510. The Morgan fingerprint density at radius 2 is 1.73 bits per heavy atom. The summed E-state index contributed by atoms with van der Waals surface area (Å²) in [6.07, 6.45) is 0. The molecule has 0 radical (unpaired) electrons. The first kappa shape index (κ1) is 15.0. The topological polar surface area (TPSA) is 25.2 Å². The monoisotopic (exact) mass is 396 g/mol. The summed E-state index contributed by atoms with van der Waals surface area (Å²) in [5.74, 6) is 0. The summed E-state index contributed by atoms with van der Waals surface area (Å²) < 4.78 is 3.06. The van der Waals surface area contributed by atoms with Crippen molar-refractivity contribution >= 4 is 82.7 Å². The molecule has 2 heterocycles. The second-order valence-electron chi connectivity index (χ2n) is 4.46. The molecule has 2 nitrogen and oxygen atoms in total. The van der Waals surface area contributed by atoms with E-state index in [1.165, 1.54) is 4.70 Å². The van der Waals surface area contributed by atoms with Crippen molar-refractivity contribution in [1.82, 2.24) is 4.98 Å². The molecule has 0 N–H and O–H groups in total. The van der Waals surface area contributed by atoms with Crippen LogP contribution in [0.4, 0.5) is 5.69 Å². The second kappa shape index (κ2) is 5.85. The van der Waals surface area contributed by atoms with Crippen LogP contribution in [-0.2, 0) is 29.5 Å². The molecule has 0 atom stereocenters. The van der Waals surface area contributed by atoms with Gasteiger partial charge < -0.3 is 0 Å². The summed E-state index contributed by atoms with van der Waals surface area (Å²) in [4.78, 5) is 10.3. The maximum absolute atomic E-state index is 5.68. The van der Waals surface area contributed by atoms with Crippen molar-refractivity contribution in [3.63, 3.8) is 0 Å². The third-order valence-electron chi connectivity index (χ3n) is 3.05. The lowest BCUT2D eigenvalue weighted by Gasteiger charge is -2.04. The average molecular weight is 397 g/mol. The number of fused-ring (bicyclic) bond motifs is 2. The molecule has 2 aromatic carbocycles. The fourth-order valence-electron chi connectivity index (χ4n) is 2.05. The lowest BCUT2D eigenvalue weighted by Crippen LogP contribution is -2.02. The van der Waals surface area contributed by atoms with Gasteiger partial charge in [0.05, 0.1) is 15.9 Å². The highest BCUT2D eigenvalue weighted by molar-refractivity contribution is 8.90. The van der Waals surface area contributed by atoms with Crippen molar-refractivity contribution in [1.29, 1.82) is 0 Å². The smallest absolute Gasteiger partial charge is 0.162 e. The first-order valence-corrected chi connectivity index (χ1v) is 12.7. The molecule has 0 bridgehead atoms. The van der Waals surface area contributed by atoms with Crippen molar-refractivity contribution < 1.29 is 0 Å². The SMILES string of the molecule is S=S1(=S)C(SSc2nc3ccccc3s2)=Nc2ccccc21. The van der Waals surface area contributed by atoms with Gasteiger partial charge in [-0.2, -0.15) is 0 Å². The number of nitrogens with zero attached hydrogens (tertiary/aromatic N) is 2. The molecule has 0 saturated heterocycles. The van der Waals surface area contributed by atoms with Crippen LogP contribution in [0.25, 0.3) is 10.2 Å². The molecule has 0 spiro atoms. The fraction of sp³-hybridized carbons (Fsp3) is 0. The van der Waals surface area contributed by atoms with Gasteiger partial charge in [-0.25, -0.2) is 9.98 Å². The normalized spacial score (nSPS) is 15.7. The van der Waals surface area contributed by atoms with Crippen LogP contribution in [0.1, 0.15) is 0 Å². The van der Waals surface area contributed by atoms with Crippen molar-refractivity contribution in [3.05, 3.63) is 48.5 Å². The van der Waals surface area contributed by atoms with Gasteiger partial charge in [-0.15, -0.1) is 11.3 Å². The Balaban J connectivity index is 1.60. The summed E-state index contributed by atoms with van der Waals surface area (Å²) in [6, 6.07) is 16.1. The maximum atomic E-state index is 5.68. The Kier molecular flexibility index (Phi) is 4.00. The van der Waals surface area contributed by atoms with E-state index in [0.29, 0.717) is 0 Å². The zero-order chi connectivity index (χ0) is 15.2. The van der Waals surface area contributed by atoms with E-state index >= 15 is 0 Å². The highest BCUT2D eigenvalue weighted by atomic mass is 33.1. The third-order valence-corrected chi connectivity index (χ3v) is 11.9. The molecule has 0 aliphatic carbocycles. The lowest BCUT2D eigenvalue weighted by atomic mass is 10.3. The zero-order valence-electron chi connectivity index (χ0n) is 11.0. The lowest BCUT2D eigenvalue weighted by molar-refractivity contribution is 1.31. The molecule has 8 heteroatoms. The quantitative estimate of drug-likeness (QED) is 0.439. The van der Waals surface area contributed by atoms with Crippen molar-refractivity contribution in [2.75, 3.05) is 0 Å². The van der Waals surface area contributed by atoms with E-state index in [4.69, 9.17) is 22.4 Å². The van der Waals surface area contributed by atoms with Crippen LogP contribution >= 0.6 is 32.9 Å². The van der Waals surface area contributed by atoms with Crippen LogP contribution in [-0.4, -0.2) is 9.36 Å².